The van der Waals surface area contributed by atoms with Gasteiger partial charge in [0.1, 0.15) is 24.5 Å². The predicted molar refractivity (Wildman–Crippen MR) is 106 cm³/mol. The third-order valence-corrected chi connectivity index (χ3v) is 4.57. The van der Waals surface area contributed by atoms with E-state index in [1.165, 1.54) is 7.11 Å². The molecule has 7 nitrogen and oxygen atoms in total. The molecular weight excluding hydrogens is 374 g/mol. The number of hydrogen-bond acceptors (Lipinski definition) is 6. The van der Waals surface area contributed by atoms with E-state index >= 15 is 0 Å². The summed E-state index contributed by atoms with van der Waals surface area (Å²) in [5, 5.41) is 2.93. The van der Waals surface area contributed by atoms with E-state index in [1.807, 2.05) is 32.0 Å². The van der Waals surface area contributed by atoms with Crippen LogP contribution < -0.4 is 19.5 Å². The smallest absolute Gasteiger partial charge is 0.342 e. The molecule has 1 aliphatic heterocycles. The van der Waals surface area contributed by atoms with Gasteiger partial charge in [-0.05, 0) is 35.7 Å². The number of carbonyl (C=O) groups excluding carboxylic acids is 2. The number of rotatable bonds is 7. The summed E-state index contributed by atoms with van der Waals surface area (Å²) in [6, 6.07) is 12.1. The van der Waals surface area contributed by atoms with Crippen molar-refractivity contribution in [2.45, 2.75) is 19.9 Å². The highest BCUT2D eigenvalue weighted by atomic mass is 16.6. The molecule has 154 valence electrons. The number of para-hydroxylation sites is 1. The van der Waals surface area contributed by atoms with Gasteiger partial charge in [0.25, 0.3) is 5.91 Å². The number of ether oxygens (including phenoxy) is 4. The fraction of sp³-hybridized carbons (Fsp3) is 0.364. The number of amides is 1. The third kappa shape index (κ3) is 4.99. The number of hydrogen-bond donors (Lipinski definition) is 1. The topological polar surface area (TPSA) is 83.1 Å². The van der Waals surface area contributed by atoms with Gasteiger partial charge in [-0.15, -0.1) is 0 Å². The second-order valence-electron chi connectivity index (χ2n) is 6.97. The standard InChI is InChI=1S/C22H25NO6/c1-14(2)21(15-8-9-18-19(12-15)28-11-10-27-18)23-20(24)13-29-22(25)16-6-4-5-7-17(16)26-3/h4-9,12,14,21H,10-11,13H2,1-3H3,(H,23,24)/t21-/m1/s1. The first-order valence-electron chi connectivity index (χ1n) is 9.48. The fourth-order valence-corrected chi connectivity index (χ4v) is 3.13. The van der Waals surface area contributed by atoms with Crippen molar-refractivity contribution in [1.82, 2.24) is 5.32 Å². The van der Waals surface area contributed by atoms with Gasteiger partial charge in [0, 0.05) is 0 Å². The van der Waals surface area contributed by atoms with Crippen LogP contribution in [0.1, 0.15) is 35.8 Å². The summed E-state index contributed by atoms with van der Waals surface area (Å²) in [6.45, 7) is 4.64. The van der Waals surface area contributed by atoms with Crippen LogP contribution in [0.2, 0.25) is 0 Å². The van der Waals surface area contributed by atoms with Crippen LogP contribution in [-0.2, 0) is 9.53 Å². The maximum atomic E-state index is 12.4. The Labute approximate surface area is 169 Å². The molecule has 2 aromatic carbocycles. The summed E-state index contributed by atoms with van der Waals surface area (Å²) in [5.41, 5.74) is 1.17. The van der Waals surface area contributed by atoms with E-state index in [9.17, 15) is 9.59 Å². The molecule has 0 radical (unpaired) electrons. The van der Waals surface area contributed by atoms with Gasteiger partial charge >= 0.3 is 5.97 Å². The van der Waals surface area contributed by atoms with Crippen molar-refractivity contribution in [2.75, 3.05) is 26.9 Å². The quantitative estimate of drug-likeness (QED) is 0.721. The van der Waals surface area contributed by atoms with Crippen LogP contribution in [0.4, 0.5) is 0 Å². The Morgan fingerprint density at radius 1 is 1.07 bits per heavy atom. The highest BCUT2D eigenvalue weighted by Crippen LogP contribution is 2.34. The molecule has 1 aliphatic rings. The van der Waals surface area contributed by atoms with Crippen LogP contribution in [0.25, 0.3) is 0 Å². The molecule has 1 N–H and O–H groups in total. The summed E-state index contributed by atoms with van der Waals surface area (Å²) in [6.07, 6.45) is 0. The molecule has 0 bridgehead atoms. The molecule has 0 saturated carbocycles. The average molecular weight is 399 g/mol. The molecule has 1 heterocycles. The molecule has 0 unspecified atom stereocenters. The average Bonchev–Trinajstić information content (AvgIpc) is 2.75. The molecule has 0 aliphatic carbocycles. The number of methoxy groups -OCH3 is 1. The van der Waals surface area contributed by atoms with E-state index < -0.39 is 5.97 Å². The molecule has 1 amide bonds. The van der Waals surface area contributed by atoms with Crippen LogP contribution in [0.3, 0.4) is 0 Å². The van der Waals surface area contributed by atoms with Gasteiger partial charge in [-0.1, -0.05) is 32.0 Å². The number of nitrogens with one attached hydrogen (secondary N) is 1. The molecule has 29 heavy (non-hydrogen) atoms. The molecule has 0 saturated heterocycles. The van der Waals surface area contributed by atoms with Crippen LogP contribution >= 0.6 is 0 Å². The normalized spacial score (nSPS) is 13.5. The number of carbonyl (C=O) groups is 2. The highest BCUT2D eigenvalue weighted by Gasteiger charge is 2.22. The van der Waals surface area contributed by atoms with Gasteiger partial charge in [-0.25, -0.2) is 4.79 Å². The van der Waals surface area contributed by atoms with Crippen LogP contribution in [0.5, 0.6) is 17.2 Å². The Kier molecular flexibility index (Phi) is 6.59. The largest absolute Gasteiger partial charge is 0.496 e. The minimum atomic E-state index is -0.613. The number of esters is 1. The lowest BCUT2D eigenvalue weighted by Gasteiger charge is -2.25. The summed E-state index contributed by atoms with van der Waals surface area (Å²) >= 11 is 0. The van der Waals surface area contributed by atoms with Gasteiger partial charge in [-0.2, -0.15) is 0 Å². The maximum absolute atomic E-state index is 12.4. The highest BCUT2D eigenvalue weighted by molar-refractivity contribution is 5.94. The predicted octanol–water partition coefficient (Wildman–Crippen LogP) is 3.14. The fourth-order valence-electron chi connectivity index (χ4n) is 3.13. The van der Waals surface area contributed by atoms with Crippen molar-refractivity contribution in [1.29, 1.82) is 0 Å². The van der Waals surface area contributed by atoms with E-state index in [-0.39, 0.29) is 30.0 Å². The summed E-state index contributed by atoms with van der Waals surface area (Å²) in [7, 11) is 1.47. The van der Waals surface area contributed by atoms with Crippen molar-refractivity contribution in [3.05, 3.63) is 53.6 Å². The SMILES string of the molecule is COc1ccccc1C(=O)OCC(=O)N[C@@H](c1ccc2c(c1)OCCO2)C(C)C. The zero-order chi connectivity index (χ0) is 20.8. The van der Waals surface area contributed by atoms with Crippen LogP contribution in [0.15, 0.2) is 42.5 Å². The maximum Gasteiger partial charge on any atom is 0.342 e. The molecule has 7 heteroatoms. The van der Waals surface area contributed by atoms with Crippen LogP contribution in [-0.4, -0.2) is 38.8 Å². The monoisotopic (exact) mass is 399 g/mol. The van der Waals surface area contributed by atoms with Crippen LogP contribution in [0, 0.1) is 5.92 Å². The zero-order valence-electron chi connectivity index (χ0n) is 16.8. The molecule has 0 fully saturated rings. The van der Waals surface area contributed by atoms with E-state index in [1.54, 1.807) is 24.3 Å². The molecule has 2 aromatic rings. The Morgan fingerprint density at radius 3 is 2.52 bits per heavy atom. The van der Waals surface area contributed by atoms with Crippen molar-refractivity contribution in [2.24, 2.45) is 5.92 Å². The second-order valence-corrected chi connectivity index (χ2v) is 6.97. The second kappa shape index (κ2) is 9.32. The lowest BCUT2D eigenvalue weighted by molar-refractivity contribution is -0.125. The lowest BCUT2D eigenvalue weighted by atomic mass is 9.95. The van der Waals surface area contributed by atoms with E-state index in [2.05, 4.69) is 5.32 Å². The molecule has 0 aromatic heterocycles. The van der Waals surface area contributed by atoms with Crippen molar-refractivity contribution < 1.29 is 28.5 Å². The first kappa shape index (κ1) is 20.5. The minimum absolute atomic E-state index is 0.117. The first-order valence-corrected chi connectivity index (χ1v) is 9.48. The van der Waals surface area contributed by atoms with E-state index in [4.69, 9.17) is 18.9 Å². The molecule has 0 spiro atoms. The minimum Gasteiger partial charge on any atom is -0.496 e. The Balaban J connectivity index is 1.63. The lowest BCUT2D eigenvalue weighted by Crippen LogP contribution is -2.35. The third-order valence-electron chi connectivity index (χ3n) is 4.57. The number of benzene rings is 2. The van der Waals surface area contributed by atoms with Gasteiger partial charge in [0.05, 0.1) is 13.2 Å². The van der Waals surface area contributed by atoms with E-state index in [0.29, 0.717) is 30.5 Å². The molecular formula is C22H25NO6. The van der Waals surface area contributed by atoms with Gasteiger partial charge < -0.3 is 24.3 Å². The van der Waals surface area contributed by atoms with Gasteiger partial charge in [0.15, 0.2) is 18.1 Å². The van der Waals surface area contributed by atoms with Gasteiger partial charge in [0.2, 0.25) is 0 Å². The number of fused-ring (bicyclic) bond motifs is 1. The molecule has 3 rings (SSSR count). The first-order chi connectivity index (χ1) is 14.0. The molecule has 1 atom stereocenters. The summed E-state index contributed by atoms with van der Waals surface area (Å²) in [4.78, 5) is 24.7. The van der Waals surface area contributed by atoms with Crippen molar-refractivity contribution in [3.63, 3.8) is 0 Å². The van der Waals surface area contributed by atoms with Crippen molar-refractivity contribution >= 4 is 11.9 Å². The summed E-state index contributed by atoms with van der Waals surface area (Å²) < 4.78 is 21.5. The van der Waals surface area contributed by atoms with Gasteiger partial charge in [-0.3, -0.25) is 4.79 Å². The van der Waals surface area contributed by atoms with Crippen molar-refractivity contribution in [3.8, 4) is 17.2 Å². The Hall–Kier alpha value is -3.22. The summed E-state index contributed by atoms with van der Waals surface area (Å²) in [5.74, 6) is 0.872. The zero-order valence-corrected chi connectivity index (χ0v) is 16.8. The Bertz CT molecular complexity index is 879. The van der Waals surface area contributed by atoms with E-state index in [0.717, 1.165) is 5.56 Å². The Morgan fingerprint density at radius 2 is 1.79 bits per heavy atom.